The zero-order valence-corrected chi connectivity index (χ0v) is 14.6. The minimum absolute atomic E-state index is 0.695. The van der Waals surface area contributed by atoms with Gasteiger partial charge in [-0.1, -0.05) is 18.3 Å². The molecule has 3 rings (SSSR count). The topological polar surface area (TPSA) is 51.9 Å². The maximum absolute atomic E-state index is 9.64. The minimum Gasteiger partial charge on any atom is -0.378 e. The lowest BCUT2D eigenvalue weighted by molar-refractivity contribution is 0.0683. The predicted octanol–water partition coefficient (Wildman–Crippen LogP) is 2.58. The quantitative estimate of drug-likeness (QED) is 0.719. The van der Waals surface area contributed by atoms with Crippen molar-refractivity contribution in [3.05, 3.63) is 11.3 Å². The number of nitriles is 1. The molecule has 0 N–H and O–H groups in total. The Labute approximate surface area is 134 Å². The molecule has 0 aliphatic carbocycles. The van der Waals surface area contributed by atoms with Crippen molar-refractivity contribution in [1.82, 2.24) is 9.57 Å². The van der Waals surface area contributed by atoms with Crippen LogP contribution in [-0.2, 0) is 16.5 Å². The molecule has 0 aromatic heterocycles. The lowest BCUT2D eigenvalue weighted by atomic mass is 10.1. The van der Waals surface area contributed by atoms with E-state index in [0.717, 1.165) is 55.3 Å². The molecule has 0 aromatic carbocycles. The molecular weight excluding hydrogens is 323 g/mol. The van der Waals surface area contributed by atoms with Gasteiger partial charge in [-0.2, -0.15) is 5.26 Å². The van der Waals surface area contributed by atoms with Gasteiger partial charge in [-0.15, -0.1) is 0 Å². The Morgan fingerprint density at radius 1 is 1.43 bits per heavy atom. The van der Waals surface area contributed by atoms with Crippen LogP contribution in [0.1, 0.15) is 19.8 Å². The van der Waals surface area contributed by atoms with Crippen molar-refractivity contribution in [2.24, 2.45) is 4.76 Å². The fourth-order valence-electron chi connectivity index (χ4n) is 2.92. The maximum Gasteiger partial charge on any atom is 0.200 e. The molecule has 3 heterocycles. The third-order valence-electron chi connectivity index (χ3n) is 3.85. The number of nitrogens with zero attached hydrogens (tertiary/aromatic N) is 4. The second-order valence-corrected chi connectivity index (χ2v) is 12.1. The Morgan fingerprint density at radius 3 is 2.86 bits per heavy atom. The van der Waals surface area contributed by atoms with Crippen LogP contribution >= 0.6 is 16.9 Å². The van der Waals surface area contributed by atoms with E-state index in [0.29, 0.717) is 13.2 Å². The Morgan fingerprint density at radius 2 is 2.19 bits per heavy atom. The number of hydrogen-bond acceptors (Lipinski definition) is 5. The lowest BCUT2D eigenvalue weighted by Gasteiger charge is -2.38. The van der Waals surface area contributed by atoms with E-state index in [9.17, 15) is 5.26 Å². The molecule has 114 valence electrons. The van der Waals surface area contributed by atoms with Crippen molar-refractivity contribution in [2.75, 3.05) is 38.6 Å². The van der Waals surface area contributed by atoms with Crippen molar-refractivity contribution < 1.29 is 4.74 Å². The molecule has 2 saturated heterocycles. The molecule has 0 spiro atoms. The van der Waals surface area contributed by atoms with Crippen LogP contribution in [0.5, 0.6) is 0 Å². The van der Waals surface area contributed by atoms with E-state index < -0.39 is 5.54 Å². The number of ether oxygens (including phenoxy) is 1. The fraction of sp³-hybridized carbons (Fsp3) is 0.692. The SMILES string of the molecule is CCS[P@@]1(=S)N=C(N2CCOCC2)C(C#N)=C2CCCN21. The summed E-state index contributed by atoms with van der Waals surface area (Å²) in [4.78, 5) is 2.18. The number of amidine groups is 1. The van der Waals surface area contributed by atoms with Gasteiger partial charge >= 0.3 is 0 Å². The second kappa shape index (κ2) is 6.29. The van der Waals surface area contributed by atoms with Crippen LogP contribution in [0.15, 0.2) is 16.0 Å². The predicted molar refractivity (Wildman–Crippen MR) is 90.8 cm³/mol. The summed E-state index contributed by atoms with van der Waals surface area (Å²) < 4.78 is 12.6. The van der Waals surface area contributed by atoms with Crippen molar-refractivity contribution >= 4 is 34.6 Å². The average molecular weight is 342 g/mol. The molecule has 0 amide bonds. The van der Waals surface area contributed by atoms with Crippen LogP contribution in [-0.4, -0.2) is 54.0 Å². The standard InChI is InChI=1S/C13H19N4OPS2/c1-2-21-19(20)15-13(16-6-8-18-9-7-16)11(10-14)12-4-3-5-17(12)19/h2-9H2,1H3/t19-/m0/s1. The molecule has 0 saturated carbocycles. The third-order valence-corrected chi connectivity index (χ3v) is 10.3. The van der Waals surface area contributed by atoms with E-state index in [1.807, 2.05) is 0 Å². The first kappa shape index (κ1) is 15.4. The molecule has 21 heavy (non-hydrogen) atoms. The van der Waals surface area contributed by atoms with Crippen LogP contribution in [0.3, 0.4) is 0 Å². The zero-order chi connectivity index (χ0) is 14.9. The summed E-state index contributed by atoms with van der Waals surface area (Å²) in [6.07, 6.45) is 2.03. The molecule has 0 aromatic rings. The number of morpholine rings is 1. The fourth-order valence-corrected chi connectivity index (χ4v) is 9.02. The molecule has 8 heteroatoms. The van der Waals surface area contributed by atoms with E-state index in [1.54, 1.807) is 11.4 Å². The van der Waals surface area contributed by atoms with Gasteiger partial charge < -0.3 is 14.3 Å². The van der Waals surface area contributed by atoms with Crippen molar-refractivity contribution in [3.8, 4) is 6.07 Å². The van der Waals surface area contributed by atoms with Gasteiger partial charge in [-0.3, -0.25) is 0 Å². The summed E-state index contributed by atoms with van der Waals surface area (Å²) in [5, 5.41) is 9.64. The van der Waals surface area contributed by atoms with Gasteiger partial charge in [0, 0.05) is 25.3 Å². The minimum atomic E-state index is -2.01. The highest BCUT2D eigenvalue weighted by molar-refractivity contribution is 8.69. The number of rotatable bonds is 2. The smallest absolute Gasteiger partial charge is 0.200 e. The Hall–Kier alpha value is -0.540. The molecule has 3 aliphatic rings. The lowest BCUT2D eigenvalue weighted by Crippen LogP contribution is -2.43. The van der Waals surface area contributed by atoms with Gasteiger partial charge in [0.25, 0.3) is 0 Å². The summed E-state index contributed by atoms with van der Waals surface area (Å²) in [7, 11) is 0. The number of fused-ring (bicyclic) bond motifs is 1. The van der Waals surface area contributed by atoms with Gasteiger partial charge in [-0.05, 0) is 30.4 Å². The van der Waals surface area contributed by atoms with Gasteiger partial charge in [-0.25, -0.2) is 4.76 Å². The summed E-state index contributed by atoms with van der Waals surface area (Å²) in [5.74, 6) is 1.79. The van der Waals surface area contributed by atoms with Crippen LogP contribution in [0.25, 0.3) is 0 Å². The molecule has 0 radical (unpaired) electrons. The molecular formula is C13H19N4OPS2. The van der Waals surface area contributed by atoms with Crippen LogP contribution in [0, 0.1) is 11.3 Å². The van der Waals surface area contributed by atoms with E-state index in [4.69, 9.17) is 21.3 Å². The Bertz CT molecular complexity index is 577. The maximum atomic E-state index is 9.64. The molecule has 1 atom stereocenters. The summed E-state index contributed by atoms with van der Waals surface area (Å²) in [6.45, 7) is 6.06. The van der Waals surface area contributed by atoms with E-state index in [1.165, 1.54) is 0 Å². The molecule has 0 unspecified atom stereocenters. The van der Waals surface area contributed by atoms with Crippen molar-refractivity contribution in [2.45, 2.75) is 19.8 Å². The van der Waals surface area contributed by atoms with Crippen molar-refractivity contribution in [3.63, 3.8) is 0 Å². The summed E-state index contributed by atoms with van der Waals surface area (Å²) >= 11 is 7.72. The van der Waals surface area contributed by atoms with E-state index in [-0.39, 0.29) is 0 Å². The molecule has 0 bridgehead atoms. The average Bonchev–Trinajstić information content (AvgIpc) is 2.99. The molecule has 2 fully saturated rings. The molecule has 5 nitrogen and oxygen atoms in total. The molecule has 3 aliphatic heterocycles. The van der Waals surface area contributed by atoms with E-state index in [2.05, 4.69) is 22.6 Å². The first-order chi connectivity index (χ1) is 10.2. The van der Waals surface area contributed by atoms with Crippen molar-refractivity contribution in [1.29, 1.82) is 5.26 Å². The van der Waals surface area contributed by atoms with Gasteiger partial charge in [0.05, 0.1) is 13.2 Å². The highest BCUT2D eigenvalue weighted by Gasteiger charge is 2.39. The van der Waals surface area contributed by atoms with Crippen LogP contribution < -0.4 is 0 Å². The Balaban J connectivity index is 2.04. The third kappa shape index (κ3) is 2.75. The number of hydrogen-bond donors (Lipinski definition) is 0. The normalized spacial score (nSPS) is 29.2. The number of allylic oxidation sites excluding steroid dienone is 1. The zero-order valence-electron chi connectivity index (χ0n) is 12.1. The first-order valence-electron chi connectivity index (χ1n) is 7.28. The summed E-state index contributed by atoms with van der Waals surface area (Å²) in [5.41, 5.74) is -0.131. The first-order valence-corrected chi connectivity index (χ1v) is 11.6. The summed E-state index contributed by atoms with van der Waals surface area (Å²) in [6, 6.07) is 2.39. The second-order valence-electron chi connectivity index (χ2n) is 5.09. The highest BCUT2D eigenvalue weighted by Crippen LogP contribution is 2.68. The Kier molecular flexibility index (Phi) is 4.60. The van der Waals surface area contributed by atoms with Gasteiger partial charge in [0.1, 0.15) is 11.6 Å². The van der Waals surface area contributed by atoms with Gasteiger partial charge in [0.2, 0.25) is 0 Å². The van der Waals surface area contributed by atoms with Crippen LogP contribution in [0.2, 0.25) is 0 Å². The van der Waals surface area contributed by atoms with Gasteiger partial charge in [0.15, 0.2) is 11.4 Å². The largest absolute Gasteiger partial charge is 0.378 e. The van der Waals surface area contributed by atoms with E-state index >= 15 is 0 Å². The highest BCUT2D eigenvalue weighted by atomic mass is 32.9. The monoisotopic (exact) mass is 342 g/mol. The van der Waals surface area contributed by atoms with Crippen LogP contribution in [0.4, 0.5) is 0 Å².